The minimum atomic E-state index is 0. The Morgan fingerprint density at radius 2 is 1.94 bits per heavy atom. The molecule has 0 spiro atoms. The highest BCUT2D eigenvalue weighted by molar-refractivity contribution is 14.0. The van der Waals surface area contributed by atoms with Crippen LogP contribution in [0.4, 0.5) is 0 Å². The first-order valence-electron chi connectivity index (χ1n) is 5.81. The van der Waals surface area contributed by atoms with Crippen molar-refractivity contribution in [3.05, 3.63) is 0 Å². The maximum atomic E-state index is 5.64. The predicted molar refractivity (Wildman–Crippen MR) is 80.5 cm³/mol. The van der Waals surface area contributed by atoms with Crippen molar-refractivity contribution in [1.82, 2.24) is 5.32 Å². The lowest BCUT2D eigenvalue weighted by Gasteiger charge is -2.08. The van der Waals surface area contributed by atoms with Crippen LogP contribution in [0.1, 0.15) is 40.0 Å². The van der Waals surface area contributed by atoms with Gasteiger partial charge < -0.3 is 15.8 Å². The largest absolute Gasteiger partial charge is 0.381 e. The van der Waals surface area contributed by atoms with Crippen LogP contribution < -0.4 is 11.1 Å². The van der Waals surface area contributed by atoms with Crippen LogP contribution in [0.3, 0.4) is 0 Å². The number of guanidine groups is 1. The molecule has 0 aliphatic rings. The molecule has 0 bridgehead atoms. The summed E-state index contributed by atoms with van der Waals surface area (Å²) >= 11 is 0. The number of aliphatic imine (C=N–C) groups is 1. The monoisotopic (exact) mass is 343 g/mol. The highest BCUT2D eigenvalue weighted by Crippen LogP contribution is 1.90. The number of rotatable bonds is 8. The van der Waals surface area contributed by atoms with Crippen molar-refractivity contribution >= 4 is 29.9 Å². The van der Waals surface area contributed by atoms with Crippen molar-refractivity contribution in [2.24, 2.45) is 10.7 Å². The van der Waals surface area contributed by atoms with Crippen molar-refractivity contribution in [2.75, 3.05) is 19.8 Å². The van der Waals surface area contributed by atoms with Gasteiger partial charge in [-0.3, -0.25) is 4.99 Å². The molecular formula is C11H26IN3O. The number of hydrogen-bond acceptors (Lipinski definition) is 2. The lowest BCUT2D eigenvalue weighted by molar-refractivity contribution is 0.130. The zero-order chi connectivity index (χ0) is 11.5. The molecule has 0 rings (SSSR count). The van der Waals surface area contributed by atoms with Gasteiger partial charge in [0, 0.05) is 25.8 Å². The number of ether oxygens (including phenoxy) is 1. The van der Waals surface area contributed by atoms with E-state index in [2.05, 4.69) is 17.2 Å². The highest BCUT2D eigenvalue weighted by Gasteiger charge is 1.94. The number of halogens is 1. The maximum Gasteiger partial charge on any atom is 0.188 e. The second kappa shape index (κ2) is 13.0. The Bertz CT molecular complexity index is 175. The normalized spacial score (nSPS) is 11.4. The van der Waals surface area contributed by atoms with E-state index in [0.717, 1.165) is 32.6 Å². The first-order valence-corrected chi connectivity index (χ1v) is 5.81. The van der Waals surface area contributed by atoms with E-state index in [1.54, 1.807) is 0 Å². The Morgan fingerprint density at radius 3 is 2.50 bits per heavy atom. The highest BCUT2D eigenvalue weighted by atomic mass is 127. The molecule has 0 atom stereocenters. The molecule has 0 unspecified atom stereocenters. The second-order valence-electron chi connectivity index (χ2n) is 3.89. The summed E-state index contributed by atoms with van der Waals surface area (Å²) in [5, 5.41) is 3.04. The van der Waals surface area contributed by atoms with E-state index in [4.69, 9.17) is 10.5 Å². The lowest BCUT2D eigenvalue weighted by atomic mass is 10.4. The molecule has 0 aliphatic carbocycles. The average molecular weight is 343 g/mol. The van der Waals surface area contributed by atoms with Gasteiger partial charge in [-0.05, 0) is 26.7 Å². The summed E-state index contributed by atoms with van der Waals surface area (Å²) in [4.78, 5) is 4.19. The summed E-state index contributed by atoms with van der Waals surface area (Å²) in [5.41, 5.74) is 5.64. The van der Waals surface area contributed by atoms with Gasteiger partial charge in [0.1, 0.15) is 0 Å². The number of nitrogens with zero attached hydrogens (tertiary/aromatic N) is 1. The fourth-order valence-electron chi connectivity index (χ4n) is 1.06. The minimum Gasteiger partial charge on any atom is -0.381 e. The first kappa shape index (κ1) is 18.3. The minimum absolute atomic E-state index is 0. The van der Waals surface area contributed by atoms with E-state index in [9.17, 15) is 0 Å². The Morgan fingerprint density at radius 1 is 1.31 bits per heavy atom. The molecule has 0 heterocycles. The second-order valence-corrected chi connectivity index (χ2v) is 3.89. The van der Waals surface area contributed by atoms with Gasteiger partial charge in [0.15, 0.2) is 5.96 Å². The van der Waals surface area contributed by atoms with E-state index in [1.807, 2.05) is 13.8 Å². The molecule has 4 nitrogen and oxygen atoms in total. The van der Waals surface area contributed by atoms with Crippen LogP contribution in [-0.2, 0) is 4.74 Å². The summed E-state index contributed by atoms with van der Waals surface area (Å²) in [6.45, 7) is 8.61. The Hall–Kier alpha value is -0.0400. The molecule has 0 amide bonds. The van der Waals surface area contributed by atoms with Gasteiger partial charge >= 0.3 is 0 Å². The molecule has 98 valence electrons. The number of unbranched alkanes of at least 4 members (excludes halogenated alkanes) is 1. The van der Waals surface area contributed by atoms with Gasteiger partial charge in [0.05, 0.1) is 0 Å². The van der Waals surface area contributed by atoms with Crippen LogP contribution in [-0.4, -0.2) is 31.8 Å². The van der Waals surface area contributed by atoms with Crippen molar-refractivity contribution in [2.45, 2.75) is 46.1 Å². The molecule has 0 radical (unpaired) electrons. The van der Waals surface area contributed by atoms with Crippen molar-refractivity contribution in [1.29, 1.82) is 0 Å². The quantitative estimate of drug-likeness (QED) is 0.307. The van der Waals surface area contributed by atoms with Crippen molar-refractivity contribution in [3.63, 3.8) is 0 Å². The van der Waals surface area contributed by atoms with Crippen LogP contribution in [0, 0.1) is 0 Å². The summed E-state index contributed by atoms with van der Waals surface area (Å²) in [5.74, 6) is 0.526. The van der Waals surface area contributed by atoms with Gasteiger partial charge in [-0.25, -0.2) is 0 Å². The zero-order valence-corrected chi connectivity index (χ0v) is 13.0. The Kier molecular flexibility index (Phi) is 14.9. The molecule has 0 aliphatic heterocycles. The smallest absolute Gasteiger partial charge is 0.188 e. The SMILES string of the molecule is CCCCOCCCN=C(N)NC(C)C.I. The third kappa shape index (κ3) is 14.0. The van der Waals surface area contributed by atoms with Gasteiger partial charge in [-0.2, -0.15) is 0 Å². The first-order chi connectivity index (χ1) is 7.16. The molecule has 0 aromatic rings. The Balaban J connectivity index is 0. The van der Waals surface area contributed by atoms with E-state index < -0.39 is 0 Å². The van der Waals surface area contributed by atoms with Gasteiger partial charge in [-0.15, -0.1) is 24.0 Å². The zero-order valence-electron chi connectivity index (χ0n) is 10.7. The topological polar surface area (TPSA) is 59.6 Å². The summed E-state index contributed by atoms with van der Waals surface area (Å²) < 4.78 is 5.41. The lowest BCUT2D eigenvalue weighted by Crippen LogP contribution is -2.36. The van der Waals surface area contributed by atoms with Gasteiger partial charge in [-0.1, -0.05) is 13.3 Å². The molecule has 0 fully saturated rings. The van der Waals surface area contributed by atoms with E-state index in [1.165, 1.54) is 6.42 Å². The Labute approximate surface area is 116 Å². The van der Waals surface area contributed by atoms with Crippen molar-refractivity contribution < 1.29 is 4.74 Å². The van der Waals surface area contributed by atoms with Crippen molar-refractivity contribution in [3.8, 4) is 0 Å². The number of nitrogens with one attached hydrogen (secondary N) is 1. The molecule has 0 aromatic heterocycles. The summed E-state index contributed by atoms with van der Waals surface area (Å²) in [6, 6.07) is 0.342. The third-order valence-corrected chi connectivity index (χ3v) is 1.81. The van der Waals surface area contributed by atoms with Crippen LogP contribution in [0.5, 0.6) is 0 Å². The van der Waals surface area contributed by atoms with Gasteiger partial charge in [0.25, 0.3) is 0 Å². The molecule has 0 saturated heterocycles. The average Bonchev–Trinajstić information content (AvgIpc) is 2.15. The maximum absolute atomic E-state index is 5.64. The third-order valence-electron chi connectivity index (χ3n) is 1.81. The van der Waals surface area contributed by atoms with Crippen LogP contribution in [0.15, 0.2) is 4.99 Å². The van der Waals surface area contributed by atoms with E-state index in [0.29, 0.717) is 12.0 Å². The summed E-state index contributed by atoms with van der Waals surface area (Å²) in [7, 11) is 0. The van der Waals surface area contributed by atoms with Gasteiger partial charge in [0.2, 0.25) is 0 Å². The van der Waals surface area contributed by atoms with E-state index in [-0.39, 0.29) is 24.0 Å². The molecular weight excluding hydrogens is 317 g/mol. The summed E-state index contributed by atoms with van der Waals surface area (Å²) in [6.07, 6.45) is 3.26. The molecule has 0 saturated carbocycles. The van der Waals surface area contributed by atoms with Crippen LogP contribution in [0.2, 0.25) is 0 Å². The fraction of sp³-hybridized carbons (Fsp3) is 0.909. The predicted octanol–water partition coefficient (Wildman–Crippen LogP) is 2.12. The van der Waals surface area contributed by atoms with E-state index >= 15 is 0 Å². The standard InChI is InChI=1S/C11H25N3O.HI/c1-4-5-8-15-9-6-7-13-11(12)14-10(2)3;/h10H,4-9H2,1-3H3,(H3,12,13,14);1H. The number of hydrogen-bond donors (Lipinski definition) is 2. The molecule has 5 heteroatoms. The molecule has 16 heavy (non-hydrogen) atoms. The van der Waals surface area contributed by atoms with Crippen LogP contribution >= 0.6 is 24.0 Å². The molecule has 3 N–H and O–H groups in total. The van der Waals surface area contributed by atoms with Crippen LogP contribution in [0.25, 0.3) is 0 Å². The fourth-order valence-corrected chi connectivity index (χ4v) is 1.06. The number of nitrogens with two attached hydrogens (primary N) is 1. The molecule has 0 aromatic carbocycles.